The van der Waals surface area contributed by atoms with Gasteiger partial charge in [-0.2, -0.15) is 5.10 Å². The molecule has 0 spiro atoms. The first-order valence-electron chi connectivity index (χ1n) is 6.82. The van der Waals surface area contributed by atoms with Gasteiger partial charge in [-0.1, -0.05) is 23.7 Å². The topological polar surface area (TPSA) is 29.9 Å². The summed E-state index contributed by atoms with van der Waals surface area (Å²) >= 11 is 6.19. The lowest BCUT2D eigenvalue weighted by Crippen LogP contribution is -2.28. The van der Waals surface area contributed by atoms with E-state index in [4.69, 9.17) is 11.6 Å². The molecule has 2 heterocycles. The summed E-state index contributed by atoms with van der Waals surface area (Å²) in [6.45, 7) is 2.28. The number of aromatic nitrogens is 2. The zero-order valence-electron chi connectivity index (χ0n) is 10.8. The maximum absolute atomic E-state index is 6.19. The third-order valence-corrected chi connectivity index (χ3v) is 4.04. The van der Waals surface area contributed by atoms with E-state index in [1.54, 1.807) is 0 Å². The maximum Gasteiger partial charge on any atom is 0.0831 e. The summed E-state index contributed by atoms with van der Waals surface area (Å²) in [4.78, 5) is 0. The standard InChI is InChI=1S/C15H18ClN3/c16-14-3-1-2-4-15(14)19-11-13(10-18-19)9-12-5-7-17-8-6-12/h1-4,10-12,17H,5-9H2. The van der Waals surface area contributed by atoms with Crippen LogP contribution in [0.25, 0.3) is 5.69 Å². The fraction of sp³-hybridized carbons (Fsp3) is 0.400. The average Bonchev–Trinajstić information content (AvgIpc) is 2.89. The van der Waals surface area contributed by atoms with E-state index in [9.17, 15) is 0 Å². The number of piperidine rings is 1. The van der Waals surface area contributed by atoms with Crippen LogP contribution in [0.4, 0.5) is 0 Å². The van der Waals surface area contributed by atoms with Crippen LogP contribution in [0.5, 0.6) is 0 Å². The van der Waals surface area contributed by atoms with Crippen molar-refractivity contribution in [1.29, 1.82) is 0 Å². The van der Waals surface area contributed by atoms with Crippen LogP contribution in [0, 0.1) is 5.92 Å². The molecule has 19 heavy (non-hydrogen) atoms. The molecular weight excluding hydrogens is 258 g/mol. The second-order valence-corrected chi connectivity index (χ2v) is 5.55. The van der Waals surface area contributed by atoms with Crippen molar-refractivity contribution >= 4 is 11.6 Å². The minimum Gasteiger partial charge on any atom is -0.317 e. The molecule has 1 aromatic heterocycles. The summed E-state index contributed by atoms with van der Waals surface area (Å²) in [6, 6.07) is 7.80. The number of hydrogen-bond donors (Lipinski definition) is 1. The molecule has 0 saturated carbocycles. The second kappa shape index (κ2) is 5.76. The van der Waals surface area contributed by atoms with Gasteiger partial charge in [-0.15, -0.1) is 0 Å². The third kappa shape index (κ3) is 2.99. The summed E-state index contributed by atoms with van der Waals surface area (Å²) in [6.07, 6.45) is 7.70. The van der Waals surface area contributed by atoms with Gasteiger partial charge in [-0.05, 0) is 56.0 Å². The van der Waals surface area contributed by atoms with Crippen molar-refractivity contribution in [3.05, 3.63) is 47.2 Å². The van der Waals surface area contributed by atoms with Crippen molar-refractivity contribution in [2.75, 3.05) is 13.1 Å². The molecule has 1 aromatic carbocycles. The number of hydrogen-bond acceptors (Lipinski definition) is 2. The van der Waals surface area contributed by atoms with Crippen molar-refractivity contribution < 1.29 is 0 Å². The van der Waals surface area contributed by atoms with Crippen LogP contribution < -0.4 is 5.32 Å². The van der Waals surface area contributed by atoms with Crippen LogP contribution in [0.15, 0.2) is 36.7 Å². The van der Waals surface area contributed by atoms with E-state index >= 15 is 0 Å². The lowest BCUT2D eigenvalue weighted by Gasteiger charge is -2.21. The summed E-state index contributed by atoms with van der Waals surface area (Å²) < 4.78 is 1.87. The fourth-order valence-electron chi connectivity index (χ4n) is 2.65. The van der Waals surface area contributed by atoms with Gasteiger partial charge in [0.1, 0.15) is 0 Å². The van der Waals surface area contributed by atoms with Gasteiger partial charge in [0.15, 0.2) is 0 Å². The molecule has 1 fully saturated rings. The van der Waals surface area contributed by atoms with Crippen molar-refractivity contribution in [2.45, 2.75) is 19.3 Å². The minimum atomic E-state index is 0.735. The monoisotopic (exact) mass is 275 g/mol. The van der Waals surface area contributed by atoms with Crippen LogP contribution in [-0.4, -0.2) is 22.9 Å². The van der Waals surface area contributed by atoms with Gasteiger partial charge in [0.05, 0.1) is 16.9 Å². The number of nitrogens with zero attached hydrogens (tertiary/aromatic N) is 2. The number of benzene rings is 1. The Balaban J connectivity index is 1.74. The molecule has 1 aliphatic rings. The molecule has 3 nitrogen and oxygen atoms in total. The Hall–Kier alpha value is -1.32. The number of rotatable bonds is 3. The quantitative estimate of drug-likeness (QED) is 0.933. The molecule has 0 aliphatic carbocycles. The number of nitrogens with one attached hydrogen (secondary N) is 1. The van der Waals surface area contributed by atoms with Crippen molar-refractivity contribution in [2.24, 2.45) is 5.92 Å². The largest absolute Gasteiger partial charge is 0.317 e. The summed E-state index contributed by atoms with van der Waals surface area (Å²) in [5, 5.41) is 8.57. The van der Waals surface area contributed by atoms with Crippen LogP contribution in [-0.2, 0) is 6.42 Å². The van der Waals surface area contributed by atoms with E-state index in [1.807, 2.05) is 35.1 Å². The molecule has 100 valence electrons. The Bertz CT molecular complexity index is 544. The average molecular weight is 276 g/mol. The van der Waals surface area contributed by atoms with Gasteiger partial charge in [0.2, 0.25) is 0 Å². The SMILES string of the molecule is Clc1ccccc1-n1cc(CC2CCNCC2)cn1. The molecule has 1 N–H and O–H groups in total. The van der Waals surface area contributed by atoms with Crippen molar-refractivity contribution in [3.8, 4) is 5.69 Å². The molecule has 2 aromatic rings. The lowest BCUT2D eigenvalue weighted by atomic mass is 9.92. The highest BCUT2D eigenvalue weighted by molar-refractivity contribution is 6.32. The first-order valence-corrected chi connectivity index (χ1v) is 7.20. The lowest BCUT2D eigenvalue weighted by molar-refractivity contribution is 0.372. The number of para-hydroxylation sites is 1. The first kappa shape index (κ1) is 12.7. The predicted octanol–water partition coefficient (Wildman–Crippen LogP) is 3.07. The van der Waals surface area contributed by atoms with E-state index in [0.717, 1.165) is 36.1 Å². The van der Waals surface area contributed by atoms with E-state index in [0.29, 0.717) is 0 Å². The fourth-order valence-corrected chi connectivity index (χ4v) is 2.88. The van der Waals surface area contributed by atoms with E-state index in [2.05, 4.69) is 16.6 Å². The van der Waals surface area contributed by atoms with Crippen molar-refractivity contribution in [1.82, 2.24) is 15.1 Å². The van der Waals surface area contributed by atoms with Crippen LogP contribution in [0.1, 0.15) is 18.4 Å². The zero-order valence-corrected chi connectivity index (χ0v) is 11.6. The first-order chi connectivity index (χ1) is 9.33. The van der Waals surface area contributed by atoms with E-state index in [-0.39, 0.29) is 0 Å². The molecule has 0 unspecified atom stereocenters. The van der Waals surface area contributed by atoms with Gasteiger partial charge < -0.3 is 5.32 Å². The van der Waals surface area contributed by atoms with Crippen LogP contribution in [0.3, 0.4) is 0 Å². The van der Waals surface area contributed by atoms with Crippen molar-refractivity contribution in [3.63, 3.8) is 0 Å². The molecular formula is C15H18ClN3. The van der Waals surface area contributed by atoms with Gasteiger partial charge in [0, 0.05) is 6.20 Å². The summed E-state index contributed by atoms with van der Waals surface area (Å²) in [7, 11) is 0. The van der Waals surface area contributed by atoms with Gasteiger partial charge >= 0.3 is 0 Å². The van der Waals surface area contributed by atoms with E-state index < -0.39 is 0 Å². The van der Waals surface area contributed by atoms with E-state index in [1.165, 1.54) is 18.4 Å². The molecule has 1 aliphatic heterocycles. The Morgan fingerprint density at radius 3 is 2.84 bits per heavy atom. The molecule has 1 saturated heterocycles. The molecule has 4 heteroatoms. The Labute approximate surface area is 118 Å². The van der Waals surface area contributed by atoms with Crippen LogP contribution >= 0.6 is 11.6 Å². The summed E-state index contributed by atoms with van der Waals surface area (Å²) in [5.41, 5.74) is 2.24. The normalized spacial score (nSPS) is 16.7. The predicted molar refractivity (Wildman–Crippen MR) is 77.9 cm³/mol. The maximum atomic E-state index is 6.19. The Morgan fingerprint density at radius 1 is 1.26 bits per heavy atom. The third-order valence-electron chi connectivity index (χ3n) is 3.72. The second-order valence-electron chi connectivity index (χ2n) is 5.14. The Kier molecular flexibility index (Phi) is 3.85. The molecule has 3 rings (SSSR count). The minimum absolute atomic E-state index is 0.735. The highest BCUT2D eigenvalue weighted by atomic mass is 35.5. The summed E-state index contributed by atoms with van der Waals surface area (Å²) in [5.74, 6) is 0.783. The van der Waals surface area contributed by atoms with Gasteiger partial charge in [-0.25, -0.2) is 4.68 Å². The highest BCUT2D eigenvalue weighted by Crippen LogP contribution is 2.21. The van der Waals surface area contributed by atoms with Gasteiger partial charge in [0.25, 0.3) is 0 Å². The molecule has 0 amide bonds. The number of halogens is 1. The van der Waals surface area contributed by atoms with Crippen LogP contribution in [0.2, 0.25) is 5.02 Å². The highest BCUT2D eigenvalue weighted by Gasteiger charge is 2.14. The molecule has 0 radical (unpaired) electrons. The van der Waals surface area contributed by atoms with Gasteiger partial charge in [-0.3, -0.25) is 0 Å². The Morgan fingerprint density at radius 2 is 2.05 bits per heavy atom. The smallest absolute Gasteiger partial charge is 0.0831 e. The molecule has 0 atom stereocenters. The zero-order chi connectivity index (χ0) is 13.1. The molecule has 0 bridgehead atoms.